The first-order valence-electron chi connectivity index (χ1n) is 5.66. The summed E-state index contributed by atoms with van der Waals surface area (Å²) < 4.78 is 10.3. The lowest BCUT2D eigenvalue weighted by atomic mass is 9.76. The van der Waals surface area contributed by atoms with E-state index >= 15 is 0 Å². The van der Waals surface area contributed by atoms with Gasteiger partial charge in [0.15, 0.2) is 0 Å². The van der Waals surface area contributed by atoms with Gasteiger partial charge in [0.25, 0.3) is 0 Å². The van der Waals surface area contributed by atoms with Gasteiger partial charge >= 0.3 is 0 Å². The Balaban J connectivity index is 2.37. The summed E-state index contributed by atoms with van der Waals surface area (Å²) >= 11 is 6.26. The van der Waals surface area contributed by atoms with Crippen LogP contribution in [0.4, 0.5) is 0 Å². The van der Waals surface area contributed by atoms with Crippen LogP contribution in [0.5, 0.6) is 5.75 Å². The molecule has 1 aromatic carbocycles. The molecule has 0 bridgehead atoms. The lowest BCUT2D eigenvalue weighted by Crippen LogP contribution is -2.50. The van der Waals surface area contributed by atoms with E-state index in [1.807, 2.05) is 19.2 Å². The number of rotatable bonds is 4. The molecule has 1 atom stereocenters. The molecule has 1 aromatic rings. The summed E-state index contributed by atoms with van der Waals surface area (Å²) in [4.78, 5) is 0. The molecule has 2 rings (SSSR count). The summed E-state index contributed by atoms with van der Waals surface area (Å²) in [6.45, 7) is 0.856. The Hall–Kier alpha value is -1.28. The molecule has 0 saturated carbocycles. The molecule has 0 amide bonds. The molecule has 4 nitrogen and oxygen atoms in total. The number of methoxy groups -OCH3 is 1. The lowest BCUT2D eigenvalue weighted by Gasteiger charge is -2.41. The number of nitrogens with one attached hydrogen (secondary N) is 1. The molecule has 1 N–H and O–H groups in total. The quantitative estimate of drug-likeness (QED) is 0.907. The zero-order chi connectivity index (χ0) is 13.2. The van der Waals surface area contributed by atoms with Gasteiger partial charge in [0.2, 0.25) is 0 Å². The van der Waals surface area contributed by atoms with Crippen molar-refractivity contribution in [2.45, 2.75) is 6.04 Å². The van der Waals surface area contributed by atoms with Crippen LogP contribution in [0.25, 0.3) is 0 Å². The van der Waals surface area contributed by atoms with Gasteiger partial charge in [-0.25, -0.2) is 0 Å². The van der Waals surface area contributed by atoms with E-state index in [9.17, 15) is 5.26 Å². The number of nitriles is 1. The smallest absolute Gasteiger partial charge is 0.123 e. The van der Waals surface area contributed by atoms with Crippen molar-refractivity contribution in [3.8, 4) is 11.8 Å². The van der Waals surface area contributed by atoms with Crippen molar-refractivity contribution in [2.75, 3.05) is 27.4 Å². The Morgan fingerprint density at radius 3 is 2.67 bits per heavy atom. The molecular weight excluding hydrogens is 252 g/mol. The van der Waals surface area contributed by atoms with Crippen molar-refractivity contribution in [1.29, 1.82) is 5.26 Å². The summed E-state index contributed by atoms with van der Waals surface area (Å²) in [7, 11) is 3.42. The molecule has 1 saturated heterocycles. The van der Waals surface area contributed by atoms with E-state index in [0.29, 0.717) is 24.0 Å². The van der Waals surface area contributed by atoms with Crippen molar-refractivity contribution >= 4 is 11.6 Å². The van der Waals surface area contributed by atoms with E-state index in [-0.39, 0.29) is 6.04 Å². The predicted molar refractivity (Wildman–Crippen MR) is 68.7 cm³/mol. The number of hydrogen-bond acceptors (Lipinski definition) is 4. The topological polar surface area (TPSA) is 54.3 Å². The fourth-order valence-corrected chi connectivity index (χ4v) is 2.50. The fraction of sp³-hybridized carbons (Fsp3) is 0.462. The fourth-order valence-electron chi connectivity index (χ4n) is 2.22. The summed E-state index contributed by atoms with van der Waals surface area (Å²) in [6.07, 6.45) is 0. The first-order chi connectivity index (χ1) is 8.66. The number of halogens is 1. The molecule has 0 radical (unpaired) electrons. The van der Waals surface area contributed by atoms with Crippen molar-refractivity contribution in [3.05, 3.63) is 28.8 Å². The van der Waals surface area contributed by atoms with Crippen LogP contribution in [0, 0.1) is 16.7 Å². The zero-order valence-corrected chi connectivity index (χ0v) is 11.1. The van der Waals surface area contributed by atoms with Gasteiger partial charge < -0.3 is 14.8 Å². The van der Waals surface area contributed by atoms with E-state index in [4.69, 9.17) is 21.1 Å². The maximum Gasteiger partial charge on any atom is 0.123 e. The summed E-state index contributed by atoms with van der Waals surface area (Å²) in [5.41, 5.74) is 0.359. The maximum absolute atomic E-state index is 9.35. The Kier molecular flexibility index (Phi) is 3.76. The first-order valence-corrected chi connectivity index (χ1v) is 6.04. The van der Waals surface area contributed by atoms with Crippen LogP contribution in [0.2, 0.25) is 5.02 Å². The van der Waals surface area contributed by atoms with Gasteiger partial charge in [-0.05, 0) is 24.7 Å². The van der Waals surface area contributed by atoms with Gasteiger partial charge in [0.05, 0.1) is 32.4 Å². The minimum atomic E-state index is -0.535. The molecule has 1 aliphatic heterocycles. The molecule has 5 heteroatoms. The molecule has 0 spiro atoms. The monoisotopic (exact) mass is 266 g/mol. The molecule has 1 fully saturated rings. The van der Waals surface area contributed by atoms with Crippen LogP contribution in [-0.4, -0.2) is 27.4 Å². The maximum atomic E-state index is 9.35. The highest BCUT2D eigenvalue weighted by atomic mass is 35.5. The van der Waals surface area contributed by atoms with Crippen molar-refractivity contribution in [1.82, 2.24) is 5.32 Å². The Labute approximate surface area is 111 Å². The van der Waals surface area contributed by atoms with Gasteiger partial charge in [-0.1, -0.05) is 17.7 Å². The average molecular weight is 267 g/mol. The largest absolute Gasteiger partial charge is 0.497 e. The van der Waals surface area contributed by atoms with Crippen LogP contribution < -0.4 is 10.1 Å². The molecule has 1 aliphatic rings. The standard InChI is InChI=1S/C13H15ClN2O2/c1-16-12(13(6-15)7-18-8-13)10-4-3-9(17-2)5-11(10)14/h3-5,12,16H,7-8H2,1-2H3. The highest BCUT2D eigenvalue weighted by molar-refractivity contribution is 6.31. The van der Waals surface area contributed by atoms with Crippen molar-refractivity contribution < 1.29 is 9.47 Å². The van der Waals surface area contributed by atoms with Crippen molar-refractivity contribution in [3.63, 3.8) is 0 Å². The molecule has 0 aromatic heterocycles. The highest BCUT2D eigenvalue weighted by Crippen LogP contribution is 2.42. The van der Waals surface area contributed by atoms with Crippen LogP contribution in [0.3, 0.4) is 0 Å². The molecule has 0 aliphatic carbocycles. The summed E-state index contributed by atoms with van der Waals surface area (Å²) in [5, 5.41) is 13.1. The second kappa shape index (κ2) is 5.15. The van der Waals surface area contributed by atoms with E-state index in [2.05, 4.69) is 11.4 Å². The van der Waals surface area contributed by atoms with Crippen LogP contribution in [0.1, 0.15) is 11.6 Å². The van der Waals surface area contributed by atoms with E-state index < -0.39 is 5.41 Å². The summed E-state index contributed by atoms with van der Waals surface area (Å²) in [5.74, 6) is 0.703. The van der Waals surface area contributed by atoms with E-state index in [1.54, 1.807) is 13.2 Å². The Morgan fingerprint density at radius 1 is 1.56 bits per heavy atom. The number of nitrogens with zero attached hydrogens (tertiary/aromatic N) is 1. The van der Waals surface area contributed by atoms with Crippen LogP contribution >= 0.6 is 11.6 Å². The average Bonchev–Trinajstić information content (AvgIpc) is 2.34. The molecule has 96 valence electrons. The van der Waals surface area contributed by atoms with E-state index in [1.165, 1.54) is 0 Å². The van der Waals surface area contributed by atoms with Crippen LogP contribution in [-0.2, 0) is 4.74 Å². The van der Waals surface area contributed by atoms with Gasteiger partial charge in [-0.3, -0.25) is 0 Å². The van der Waals surface area contributed by atoms with Crippen LogP contribution in [0.15, 0.2) is 18.2 Å². The molecule has 1 unspecified atom stereocenters. The highest BCUT2D eigenvalue weighted by Gasteiger charge is 2.47. The Bertz CT molecular complexity index is 480. The normalized spacial score (nSPS) is 18.6. The lowest BCUT2D eigenvalue weighted by molar-refractivity contribution is -0.0963. The SMILES string of the molecule is CNC(c1ccc(OC)cc1Cl)C1(C#N)COC1. The van der Waals surface area contributed by atoms with Crippen molar-refractivity contribution in [2.24, 2.45) is 5.41 Å². The number of benzene rings is 1. The van der Waals surface area contributed by atoms with Gasteiger partial charge in [-0.15, -0.1) is 0 Å². The number of ether oxygens (including phenoxy) is 2. The molecule has 1 heterocycles. The van der Waals surface area contributed by atoms with Gasteiger partial charge in [-0.2, -0.15) is 5.26 Å². The Morgan fingerprint density at radius 2 is 2.28 bits per heavy atom. The van der Waals surface area contributed by atoms with Gasteiger partial charge in [0, 0.05) is 5.02 Å². The first kappa shape index (κ1) is 13.2. The molecule has 18 heavy (non-hydrogen) atoms. The molecular formula is C13H15ClN2O2. The minimum absolute atomic E-state index is 0.144. The minimum Gasteiger partial charge on any atom is -0.497 e. The third-order valence-corrected chi connectivity index (χ3v) is 3.63. The summed E-state index contributed by atoms with van der Waals surface area (Å²) in [6, 6.07) is 7.69. The van der Waals surface area contributed by atoms with E-state index in [0.717, 1.165) is 5.56 Å². The third-order valence-electron chi connectivity index (χ3n) is 3.30. The second-order valence-corrected chi connectivity index (χ2v) is 4.78. The second-order valence-electron chi connectivity index (χ2n) is 4.37. The van der Waals surface area contributed by atoms with Gasteiger partial charge in [0.1, 0.15) is 11.2 Å². The zero-order valence-electron chi connectivity index (χ0n) is 10.4. The third kappa shape index (κ3) is 2.05. The predicted octanol–water partition coefficient (Wildman–Crippen LogP) is 2.15. The number of hydrogen-bond donors (Lipinski definition) is 1.